The van der Waals surface area contributed by atoms with E-state index in [4.69, 9.17) is 5.10 Å². The number of hydrogen-bond acceptors (Lipinski definition) is 4. The van der Waals surface area contributed by atoms with Crippen LogP contribution in [0.1, 0.15) is 55.0 Å². The Morgan fingerprint density at radius 2 is 1.93 bits per heavy atom. The molecule has 1 fully saturated rings. The predicted molar refractivity (Wildman–Crippen MR) is 116 cm³/mol. The number of aromatic nitrogens is 2. The topological polar surface area (TPSA) is 76.0 Å². The number of carbonyl (C=O) groups excluding carboxylic acids is 2. The van der Waals surface area contributed by atoms with Gasteiger partial charge in [0.2, 0.25) is 0 Å². The third-order valence-electron chi connectivity index (χ3n) is 6.00. The number of nitrogens with one attached hydrogen (secondary N) is 2. The number of aryl methyl sites for hydroxylation is 2. The minimum Gasteiger partial charge on any atom is -0.345 e. The molecule has 0 unspecified atom stereocenters. The standard InChI is InChI=1S/C22H28N4O2S/c1-13-8-9-19(15(3)10-13)26-20(16-11-29-12-18(16)25-26)24-22(28)21(27)23-17-7-5-4-6-14(17)2/h8-10,14,17H,4-7,11-12H2,1-3H3,(H,23,27)(H,24,28)/t14-,17-/m1/s1. The summed E-state index contributed by atoms with van der Waals surface area (Å²) in [7, 11) is 0. The Kier molecular flexibility index (Phi) is 5.67. The zero-order valence-electron chi connectivity index (χ0n) is 17.2. The molecule has 1 aromatic carbocycles. The normalized spacial score (nSPS) is 20.9. The number of thioether (sulfide) groups is 1. The minimum absolute atomic E-state index is 0.0764. The van der Waals surface area contributed by atoms with Crippen molar-refractivity contribution < 1.29 is 9.59 Å². The quantitative estimate of drug-likeness (QED) is 0.751. The highest BCUT2D eigenvalue weighted by Crippen LogP contribution is 2.36. The van der Waals surface area contributed by atoms with Crippen LogP contribution in [0.2, 0.25) is 0 Å². The maximum absolute atomic E-state index is 12.7. The van der Waals surface area contributed by atoms with E-state index in [9.17, 15) is 9.59 Å². The molecule has 6 nitrogen and oxygen atoms in total. The maximum atomic E-state index is 12.7. The van der Waals surface area contributed by atoms with Gasteiger partial charge in [0.15, 0.2) is 0 Å². The van der Waals surface area contributed by atoms with Crippen LogP contribution in [0, 0.1) is 19.8 Å². The number of benzene rings is 1. The molecule has 0 radical (unpaired) electrons. The SMILES string of the molecule is Cc1ccc(-n2nc3c(c2NC(=O)C(=O)N[C@@H]2CCCC[C@H]2C)CSC3)c(C)c1. The number of nitrogens with zero attached hydrogens (tertiary/aromatic N) is 2. The molecule has 2 aromatic rings. The van der Waals surface area contributed by atoms with E-state index in [1.165, 1.54) is 12.0 Å². The van der Waals surface area contributed by atoms with Crippen LogP contribution in [-0.2, 0) is 21.1 Å². The maximum Gasteiger partial charge on any atom is 0.314 e. The lowest BCUT2D eigenvalue weighted by molar-refractivity contribution is -0.137. The summed E-state index contributed by atoms with van der Waals surface area (Å²) in [4.78, 5) is 25.3. The van der Waals surface area contributed by atoms with Crippen LogP contribution < -0.4 is 10.6 Å². The first-order valence-electron chi connectivity index (χ1n) is 10.3. The number of fused-ring (bicyclic) bond motifs is 1. The molecular formula is C22H28N4O2S. The second kappa shape index (κ2) is 8.22. The molecule has 2 aliphatic rings. The molecule has 154 valence electrons. The molecule has 0 spiro atoms. The second-order valence-corrected chi connectivity index (χ2v) is 9.25. The number of anilines is 1. The molecule has 2 amide bonds. The molecule has 0 saturated heterocycles. The third-order valence-corrected chi connectivity index (χ3v) is 6.97. The van der Waals surface area contributed by atoms with E-state index in [2.05, 4.69) is 30.5 Å². The van der Waals surface area contributed by atoms with Gasteiger partial charge >= 0.3 is 11.8 Å². The summed E-state index contributed by atoms with van der Waals surface area (Å²) in [5.41, 5.74) is 5.17. The van der Waals surface area contributed by atoms with Crippen molar-refractivity contribution in [1.82, 2.24) is 15.1 Å². The Bertz CT molecular complexity index is 953. The fourth-order valence-corrected chi connectivity index (χ4v) is 5.32. The van der Waals surface area contributed by atoms with Gasteiger partial charge in [-0.05, 0) is 44.2 Å². The zero-order chi connectivity index (χ0) is 20.5. The van der Waals surface area contributed by atoms with E-state index in [0.29, 0.717) is 11.7 Å². The molecule has 1 saturated carbocycles. The van der Waals surface area contributed by atoms with Crippen molar-refractivity contribution in [2.45, 2.75) is 64.0 Å². The lowest BCUT2D eigenvalue weighted by Crippen LogP contribution is -2.46. The van der Waals surface area contributed by atoms with E-state index in [1.54, 1.807) is 16.4 Å². The van der Waals surface area contributed by atoms with Gasteiger partial charge in [-0.2, -0.15) is 16.9 Å². The summed E-state index contributed by atoms with van der Waals surface area (Å²) >= 11 is 1.77. The Morgan fingerprint density at radius 3 is 2.69 bits per heavy atom. The van der Waals surface area contributed by atoms with Gasteiger partial charge in [0.1, 0.15) is 5.82 Å². The first-order valence-corrected chi connectivity index (χ1v) is 11.5. The molecule has 2 atom stereocenters. The molecule has 1 aromatic heterocycles. The molecule has 29 heavy (non-hydrogen) atoms. The average molecular weight is 413 g/mol. The molecule has 0 bridgehead atoms. The highest BCUT2D eigenvalue weighted by Gasteiger charge is 2.29. The second-order valence-electron chi connectivity index (χ2n) is 8.26. The van der Waals surface area contributed by atoms with Gasteiger partial charge in [-0.3, -0.25) is 9.59 Å². The van der Waals surface area contributed by atoms with Crippen molar-refractivity contribution in [2.24, 2.45) is 5.92 Å². The zero-order valence-corrected chi connectivity index (χ0v) is 18.1. The summed E-state index contributed by atoms with van der Waals surface area (Å²) < 4.78 is 1.79. The van der Waals surface area contributed by atoms with Gasteiger partial charge in [0.25, 0.3) is 0 Å². The summed E-state index contributed by atoms with van der Waals surface area (Å²) in [5, 5.41) is 10.6. The Hall–Kier alpha value is -2.28. The smallest absolute Gasteiger partial charge is 0.314 e. The Labute approximate surface area is 175 Å². The first-order chi connectivity index (χ1) is 13.9. The number of carbonyl (C=O) groups is 2. The first kappa shape index (κ1) is 20.0. The minimum atomic E-state index is -0.617. The van der Waals surface area contributed by atoms with Crippen molar-refractivity contribution in [3.8, 4) is 5.69 Å². The molecular weight excluding hydrogens is 384 g/mol. The molecule has 1 aliphatic carbocycles. The van der Waals surface area contributed by atoms with Gasteiger partial charge in [-0.25, -0.2) is 4.68 Å². The van der Waals surface area contributed by atoms with Crippen molar-refractivity contribution in [3.63, 3.8) is 0 Å². The van der Waals surface area contributed by atoms with Crippen LogP contribution >= 0.6 is 11.8 Å². The van der Waals surface area contributed by atoms with Gasteiger partial charge in [0.05, 0.1) is 11.4 Å². The van der Waals surface area contributed by atoms with Crippen LogP contribution in [0.5, 0.6) is 0 Å². The lowest BCUT2D eigenvalue weighted by atomic mass is 9.86. The molecule has 7 heteroatoms. The van der Waals surface area contributed by atoms with Gasteiger partial charge in [-0.15, -0.1) is 0 Å². The van der Waals surface area contributed by atoms with Crippen molar-refractivity contribution in [2.75, 3.05) is 5.32 Å². The lowest BCUT2D eigenvalue weighted by Gasteiger charge is -2.29. The largest absolute Gasteiger partial charge is 0.345 e. The molecule has 1 aliphatic heterocycles. The monoisotopic (exact) mass is 412 g/mol. The van der Waals surface area contributed by atoms with E-state index in [1.807, 2.05) is 19.1 Å². The summed E-state index contributed by atoms with van der Waals surface area (Å²) in [6, 6.07) is 6.22. The van der Waals surface area contributed by atoms with Crippen molar-refractivity contribution >= 4 is 29.4 Å². The summed E-state index contributed by atoms with van der Waals surface area (Å²) in [5.74, 6) is 1.46. The Morgan fingerprint density at radius 1 is 1.14 bits per heavy atom. The number of hydrogen-bond donors (Lipinski definition) is 2. The molecule has 4 rings (SSSR count). The van der Waals surface area contributed by atoms with Gasteiger partial charge in [-0.1, -0.05) is 37.5 Å². The van der Waals surface area contributed by atoms with Crippen LogP contribution in [-0.4, -0.2) is 27.6 Å². The van der Waals surface area contributed by atoms with E-state index in [-0.39, 0.29) is 6.04 Å². The number of amides is 2. The van der Waals surface area contributed by atoms with Crippen LogP contribution in [0.4, 0.5) is 5.82 Å². The summed E-state index contributed by atoms with van der Waals surface area (Å²) in [6.07, 6.45) is 4.32. The number of rotatable bonds is 3. The summed E-state index contributed by atoms with van der Waals surface area (Å²) in [6.45, 7) is 6.23. The van der Waals surface area contributed by atoms with E-state index >= 15 is 0 Å². The van der Waals surface area contributed by atoms with E-state index in [0.717, 1.165) is 53.3 Å². The van der Waals surface area contributed by atoms with Crippen molar-refractivity contribution in [1.29, 1.82) is 0 Å². The fraction of sp³-hybridized carbons (Fsp3) is 0.500. The highest BCUT2D eigenvalue weighted by molar-refractivity contribution is 7.98. The highest BCUT2D eigenvalue weighted by atomic mass is 32.2. The predicted octanol–water partition coefficient (Wildman–Crippen LogP) is 3.87. The van der Waals surface area contributed by atoms with Gasteiger partial charge in [0, 0.05) is 23.1 Å². The Balaban J connectivity index is 1.58. The average Bonchev–Trinajstić information content (AvgIpc) is 3.26. The molecule has 2 heterocycles. The third kappa shape index (κ3) is 4.06. The van der Waals surface area contributed by atoms with Crippen LogP contribution in [0.3, 0.4) is 0 Å². The van der Waals surface area contributed by atoms with E-state index < -0.39 is 11.8 Å². The molecule has 2 N–H and O–H groups in total. The van der Waals surface area contributed by atoms with Crippen LogP contribution in [0.15, 0.2) is 18.2 Å². The van der Waals surface area contributed by atoms with Crippen LogP contribution in [0.25, 0.3) is 5.69 Å². The fourth-order valence-electron chi connectivity index (χ4n) is 4.29. The van der Waals surface area contributed by atoms with Crippen molar-refractivity contribution in [3.05, 3.63) is 40.6 Å². The van der Waals surface area contributed by atoms with Gasteiger partial charge < -0.3 is 10.6 Å².